The maximum absolute atomic E-state index is 12.0. The second-order valence-corrected chi connectivity index (χ2v) is 6.64. The Morgan fingerprint density at radius 2 is 2.19 bits per heavy atom. The van der Waals surface area contributed by atoms with Crippen molar-refractivity contribution < 1.29 is 14.6 Å². The first kappa shape index (κ1) is 15.5. The van der Waals surface area contributed by atoms with E-state index >= 15 is 0 Å². The number of carbonyl (C=O) groups is 1. The third-order valence-electron chi connectivity index (χ3n) is 3.62. The number of amides is 1. The predicted molar refractivity (Wildman–Crippen MR) is 82.1 cm³/mol. The van der Waals surface area contributed by atoms with E-state index in [1.807, 2.05) is 26.8 Å². The van der Waals surface area contributed by atoms with Crippen LogP contribution in [0.2, 0.25) is 0 Å². The minimum Gasteiger partial charge on any atom is -0.506 e. The summed E-state index contributed by atoms with van der Waals surface area (Å²) < 4.78 is 5.39. The van der Waals surface area contributed by atoms with E-state index < -0.39 is 5.60 Å². The second-order valence-electron chi connectivity index (χ2n) is 6.64. The number of anilines is 1. The summed E-state index contributed by atoms with van der Waals surface area (Å²) in [6.07, 6.45) is 1.43. The Kier molecular flexibility index (Phi) is 4.30. The summed E-state index contributed by atoms with van der Waals surface area (Å²) in [5.41, 5.74) is 6.79. The summed E-state index contributed by atoms with van der Waals surface area (Å²) in [6.45, 7) is 6.98. The number of carbonyl (C=O) groups excluding carboxylic acids is 1. The van der Waals surface area contributed by atoms with Gasteiger partial charge in [-0.1, -0.05) is 12.1 Å². The summed E-state index contributed by atoms with van der Waals surface area (Å²) in [6, 6.07) is 5.30. The van der Waals surface area contributed by atoms with Crippen molar-refractivity contribution in [1.82, 2.24) is 4.90 Å². The lowest BCUT2D eigenvalue weighted by atomic mass is 9.97. The fourth-order valence-corrected chi connectivity index (χ4v) is 2.58. The van der Waals surface area contributed by atoms with Crippen LogP contribution in [-0.2, 0) is 11.2 Å². The molecule has 1 aromatic rings. The molecule has 1 aliphatic rings. The lowest BCUT2D eigenvalue weighted by Crippen LogP contribution is -2.35. The molecule has 1 aliphatic heterocycles. The number of hydrogen-bond acceptors (Lipinski definition) is 4. The SMILES string of the molecule is CC(C)(C)OC(=O)N1CCC(Cc2cccc(O)c2N)C1. The largest absolute Gasteiger partial charge is 0.506 e. The first-order valence-corrected chi connectivity index (χ1v) is 7.30. The normalized spacial score (nSPS) is 18.8. The molecule has 1 amide bonds. The fourth-order valence-electron chi connectivity index (χ4n) is 2.58. The lowest BCUT2D eigenvalue weighted by molar-refractivity contribution is 0.0288. The molecule has 2 rings (SSSR count). The molecule has 0 bridgehead atoms. The number of benzene rings is 1. The van der Waals surface area contributed by atoms with Crippen molar-refractivity contribution in [1.29, 1.82) is 0 Å². The lowest BCUT2D eigenvalue weighted by Gasteiger charge is -2.24. The van der Waals surface area contributed by atoms with E-state index in [1.165, 1.54) is 0 Å². The van der Waals surface area contributed by atoms with Gasteiger partial charge in [-0.25, -0.2) is 4.79 Å². The van der Waals surface area contributed by atoms with Gasteiger partial charge in [0.25, 0.3) is 0 Å². The maximum atomic E-state index is 12.0. The maximum Gasteiger partial charge on any atom is 0.410 e. The average Bonchev–Trinajstić information content (AvgIpc) is 2.82. The van der Waals surface area contributed by atoms with Crippen molar-refractivity contribution in [3.63, 3.8) is 0 Å². The van der Waals surface area contributed by atoms with Crippen molar-refractivity contribution >= 4 is 11.8 Å². The second kappa shape index (κ2) is 5.84. The molecule has 116 valence electrons. The number of para-hydroxylation sites is 1. The van der Waals surface area contributed by atoms with E-state index in [-0.39, 0.29) is 11.8 Å². The van der Waals surface area contributed by atoms with Gasteiger partial charge in [-0.3, -0.25) is 0 Å². The Morgan fingerprint density at radius 1 is 1.48 bits per heavy atom. The highest BCUT2D eigenvalue weighted by Gasteiger charge is 2.30. The molecule has 1 aromatic carbocycles. The van der Waals surface area contributed by atoms with Crippen molar-refractivity contribution in [2.45, 2.75) is 39.2 Å². The predicted octanol–water partition coefficient (Wildman–Crippen LogP) is 2.77. The molecule has 1 unspecified atom stereocenters. The van der Waals surface area contributed by atoms with Gasteiger partial charge in [0.05, 0.1) is 5.69 Å². The molecule has 5 nitrogen and oxygen atoms in total. The Bertz CT molecular complexity index is 523. The zero-order valence-corrected chi connectivity index (χ0v) is 12.9. The van der Waals surface area contributed by atoms with Crippen LogP contribution in [0.3, 0.4) is 0 Å². The standard InChI is InChI=1S/C16H24N2O3/c1-16(2,3)21-15(20)18-8-7-11(10-18)9-12-5-4-6-13(19)14(12)17/h4-6,11,19H,7-10,17H2,1-3H3. The van der Waals surface area contributed by atoms with Crippen molar-refractivity contribution in [2.75, 3.05) is 18.8 Å². The van der Waals surface area contributed by atoms with Crippen molar-refractivity contribution in [2.24, 2.45) is 5.92 Å². The number of nitrogens with zero attached hydrogens (tertiary/aromatic N) is 1. The first-order valence-electron chi connectivity index (χ1n) is 7.30. The molecule has 5 heteroatoms. The van der Waals surface area contributed by atoms with Crippen LogP contribution in [0.25, 0.3) is 0 Å². The molecule has 1 fully saturated rings. The highest BCUT2D eigenvalue weighted by Crippen LogP contribution is 2.29. The topological polar surface area (TPSA) is 75.8 Å². The van der Waals surface area contributed by atoms with Crippen LogP contribution in [-0.4, -0.2) is 34.8 Å². The van der Waals surface area contributed by atoms with Gasteiger partial charge in [0.1, 0.15) is 11.4 Å². The van der Waals surface area contributed by atoms with Gasteiger partial charge in [0.15, 0.2) is 0 Å². The molecule has 0 aliphatic carbocycles. The molecular weight excluding hydrogens is 268 g/mol. The number of nitrogen functional groups attached to an aromatic ring is 1. The van der Waals surface area contributed by atoms with Crippen LogP contribution in [0.4, 0.5) is 10.5 Å². The van der Waals surface area contributed by atoms with Crippen molar-refractivity contribution in [3.8, 4) is 5.75 Å². The number of hydrogen-bond donors (Lipinski definition) is 2. The van der Waals surface area contributed by atoms with E-state index in [0.717, 1.165) is 18.4 Å². The van der Waals surface area contributed by atoms with Gasteiger partial charge in [-0.05, 0) is 51.2 Å². The van der Waals surface area contributed by atoms with Gasteiger partial charge in [0, 0.05) is 13.1 Å². The number of rotatable bonds is 2. The number of phenolic OH excluding ortho intramolecular Hbond substituents is 1. The molecule has 1 saturated heterocycles. The Balaban J connectivity index is 1.94. The van der Waals surface area contributed by atoms with Gasteiger partial charge in [-0.15, -0.1) is 0 Å². The highest BCUT2D eigenvalue weighted by molar-refractivity contribution is 5.68. The number of phenols is 1. The summed E-state index contributed by atoms with van der Waals surface area (Å²) in [4.78, 5) is 13.8. The molecule has 0 aromatic heterocycles. The van der Waals surface area contributed by atoms with Crippen LogP contribution < -0.4 is 5.73 Å². The Morgan fingerprint density at radius 3 is 2.86 bits per heavy atom. The van der Waals surface area contributed by atoms with E-state index in [2.05, 4.69) is 0 Å². The zero-order valence-electron chi connectivity index (χ0n) is 12.9. The van der Waals surface area contributed by atoms with Crippen LogP contribution in [0.5, 0.6) is 5.75 Å². The van der Waals surface area contributed by atoms with Crippen molar-refractivity contribution in [3.05, 3.63) is 23.8 Å². The summed E-state index contributed by atoms with van der Waals surface area (Å²) in [5, 5.41) is 9.63. The van der Waals surface area contributed by atoms with E-state index in [4.69, 9.17) is 10.5 Å². The third kappa shape index (κ3) is 4.03. The van der Waals surface area contributed by atoms with E-state index in [9.17, 15) is 9.90 Å². The number of ether oxygens (including phenoxy) is 1. The van der Waals surface area contributed by atoms with Crippen LogP contribution in [0, 0.1) is 5.92 Å². The summed E-state index contributed by atoms with van der Waals surface area (Å²) in [7, 11) is 0. The highest BCUT2D eigenvalue weighted by atomic mass is 16.6. The van der Waals surface area contributed by atoms with Gasteiger partial charge >= 0.3 is 6.09 Å². The van der Waals surface area contributed by atoms with Crippen LogP contribution in [0.1, 0.15) is 32.8 Å². The van der Waals surface area contributed by atoms with Gasteiger partial charge < -0.3 is 20.5 Å². The summed E-state index contributed by atoms with van der Waals surface area (Å²) >= 11 is 0. The van der Waals surface area contributed by atoms with E-state index in [1.54, 1.807) is 17.0 Å². The molecule has 0 radical (unpaired) electrons. The van der Waals surface area contributed by atoms with Gasteiger partial charge in [0.2, 0.25) is 0 Å². The fraction of sp³-hybridized carbons (Fsp3) is 0.562. The monoisotopic (exact) mass is 292 g/mol. The number of likely N-dealkylation sites (tertiary alicyclic amines) is 1. The first-order chi connectivity index (χ1) is 9.76. The molecule has 1 heterocycles. The third-order valence-corrected chi connectivity index (χ3v) is 3.62. The molecule has 1 atom stereocenters. The number of aromatic hydroxyl groups is 1. The summed E-state index contributed by atoms with van der Waals surface area (Å²) in [5.74, 6) is 0.469. The minimum absolute atomic E-state index is 0.120. The Labute approximate surface area is 125 Å². The van der Waals surface area contributed by atoms with Crippen LogP contribution in [0.15, 0.2) is 18.2 Å². The molecule has 0 spiro atoms. The number of nitrogens with two attached hydrogens (primary N) is 1. The Hall–Kier alpha value is -1.91. The average molecular weight is 292 g/mol. The molecular formula is C16H24N2O3. The molecule has 3 N–H and O–H groups in total. The smallest absolute Gasteiger partial charge is 0.410 e. The van der Waals surface area contributed by atoms with Crippen LogP contribution >= 0.6 is 0 Å². The minimum atomic E-state index is -0.467. The van der Waals surface area contributed by atoms with E-state index in [0.29, 0.717) is 24.7 Å². The quantitative estimate of drug-likeness (QED) is 0.649. The molecule has 0 saturated carbocycles. The van der Waals surface area contributed by atoms with Gasteiger partial charge in [-0.2, -0.15) is 0 Å². The zero-order chi connectivity index (χ0) is 15.6. The molecule has 21 heavy (non-hydrogen) atoms.